The van der Waals surface area contributed by atoms with E-state index in [0.717, 1.165) is 24.8 Å². The van der Waals surface area contributed by atoms with Gasteiger partial charge in [-0.1, -0.05) is 54.6 Å². The molecule has 34 heavy (non-hydrogen) atoms. The normalized spacial score (nSPS) is 16.3. The van der Waals surface area contributed by atoms with Crippen molar-refractivity contribution in [3.8, 4) is 0 Å². The van der Waals surface area contributed by atoms with Gasteiger partial charge in [-0.3, -0.25) is 0 Å². The van der Waals surface area contributed by atoms with Crippen LogP contribution in [-0.2, 0) is 28.9 Å². The van der Waals surface area contributed by atoms with Crippen LogP contribution < -0.4 is 0 Å². The van der Waals surface area contributed by atoms with Gasteiger partial charge in [0, 0.05) is 26.2 Å². The van der Waals surface area contributed by atoms with Gasteiger partial charge in [-0.15, -0.1) is 0 Å². The zero-order chi connectivity index (χ0) is 24.1. The summed E-state index contributed by atoms with van der Waals surface area (Å²) < 4.78 is 11.0. The molecule has 2 aliphatic heterocycles. The lowest BCUT2D eigenvalue weighted by molar-refractivity contribution is 0.0258. The molecule has 0 saturated carbocycles. The summed E-state index contributed by atoms with van der Waals surface area (Å²) in [6.45, 7) is 8.49. The van der Waals surface area contributed by atoms with Gasteiger partial charge < -0.3 is 19.3 Å². The Bertz CT molecular complexity index is 1060. The van der Waals surface area contributed by atoms with Gasteiger partial charge >= 0.3 is 12.2 Å². The van der Waals surface area contributed by atoms with Gasteiger partial charge in [-0.2, -0.15) is 0 Å². The van der Waals surface area contributed by atoms with E-state index in [2.05, 4.69) is 24.3 Å². The van der Waals surface area contributed by atoms with E-state index < -0.39 is 5.60 Å². The van der Waals surface area contributed by atoms with E-state index in [0.29, 0.717) is 26.2 Å². The van der Waals surface area contributed by atoms with Crippen molar-refractivity contribution >= 4 is 17.8 Å². The fraction of sp³-hybridized carbons (Fsp3) is 0.429. The number of hydrogen-bond donors (Lipinski definition) is 0. The van der Waals surface area contributed by atoms with E-state index in [9.17, 15) is 9.59 Å². The molecule has 2 heterocycles. The lowest BCUT2D eigenvalue weighted by Crippen LogP contribution is -2.38. The quantitative estimate of drug-likeness (QED) is 0.609. The number of rotatable bonds is 3. The van der Waals surface area contributed by atoms with E-state index >= 15 is 0 Å². The molecule has 0 fully saturated rings. The van der Waals surface area contributed by atoms with Crippen LogP contribution in [0.2, 0.25) is 0 Å². The van der Waals surface area contributed by atoms with Crippen LogP contribution in [0.15, 0.2) is 54.6 Å². The molecule has 0 bridgehead atoms. The van der Waals surface area contributed by atoms with Gasteiger partial charge in [0.05, 0.1) is 0 Å². The molecule has 2 aromatic carbocycles. The minimum Gasteiger partial charge on any atom is -0.445 e. The predicted octanol–water partition coefficient (Wildman–Crippen LogP) is 5.45. The molecule has 0 N–H and O–H groups in total. The largest absolute Gasteiger partial charge is 0.445 e. The summed E-state index contributed by atoms with van der Waals surface area (Å²) in [5.41, 5.74) is 5.52. The van der Waals surface area contributed by atoms with E-state index in [1.54, 1.807) is 4.90 Å². The lowest BCUT2D eigenvalue weighted by Gasteiger charge is -2.26. The number of carbonyl (C=O) groups excluding carboxylic acids is 2. The Hall–Kier alpha value is -3.28. The van der Waals surface area contributed by atoms with Gasteiger partial charge in [0.25, 0.3) is 0 Å². The zero-order valence-electron chi connectivity index (χ0n) is 20.4. The van der Waals surface area contributed by atoms with Gasteiger partial charge in [0.15, 0.2) is 0 Å². The molecular weight excluding hydrogens is 428 g/mol. The third-order valence-corrected chi connectivity index (χ3v) is 6.20. The van der Waals surface area contributed by atoms with Crippen molar-refractivity contribution in [1.82, 2.24) is 9.80 Å². The van der Waals surface area contributed by atoms with Crippen LogP contribution in [0.4, 0.5) is 9.59 Å². The van der Waals surface area contributed by atoms with Crippen molar-refractivity contribution in [2.24, 2.45) is 0 Å². The van der Waals surface area contributed by atoms with Crippen LogP contribution >= 0.6 is 0 Å². The van der Waals surface area contributed by atoms with Crippen LogP contribution in [-0.4, -0.2) is 53.8 Å². The number of hydrogen-bond acceptors (Lipinski definition) is 4. The molecule has 0 spiro atoms. The van der Waals surface area contributed by atoms with Crippen LogP contribution in [0.5, 0.6) is 0 Å². The molecule has 2 amide bonds. The molecule has 2 aromatic rings. The Morgan fingerprint density at radius 1 is 0.853 bits per heavy atom. The Morgan fingerprint density at radius 3 is 2.24 bits per heavy atom. The second-order valence-corrected chi connectivity index (χ2v) is 9.92. The molecule has 0 atom stereocenters. The molecule has 4 rings (SSSR count). The van der Waals surface area contributed by atoms with Gasteiger partial charge in [0.2, 0.25) is 0 Å². The SMILES string of the molecule is CC(C)(C)OC(=O)N1CCc2ccc(C3=CCN(C(=O)OCc4ccccc4)CC3)cc2CC1. The monoisotopic (exact) mass is 462 g/mol. The van der Waals surface area contributed by atoms with Crippen molar-refractivity contribution < 1.29 is 19.1 Å². The Kier molecular flexibility index (Phi) is 7.25. The summed E-state index contributed by atoms with van der Waals surface area (Å²) >= 11 is 0. The van der Waals surface area contributed by atoms with Crippen LogP contribution in [0.3, 0.4) is 0 Å². The fourth-order valence-electron chi connectivity index (χ4n) is 4.34. The standard InChI is InChI=1S/C28H34N2O4/c1-28(2,3)34-27(32)30-17-11-22-9-10-24(19-25(22)14-18-30)23-12-15-29(16-13-23)26(31)33-20-21-7-5-4-6-8-21/h4-10,12,19H,11,13-18,20H2,1-3H3. The highest BCUT2D eigenvalue weighted by molar-refractivity contribution is 5.73. The van der Waals surface area contributed by atoms with Crippen LogP contribution in [0.25, 0.3) is 5.57 Å². The first-order valence-electron chi connectivity index (χ1n) is 12.0. The first kappa shape index (κ1) is 23.9. The number of amides is 2. The minimum atomic E-state index is -0.487. The Labute approximate surface area is 202 Å². The van der Waals surface area contributed by atoms with Gasteiger partial charge in [-0.05, 0) is 67.9 Å². The molecule has 0 aromatic heterocycles. The number of ether oxygens (including phenoxy) is 2. The molecule has 0 unspecified atom stereocenters. The Morgan fingerprint density at radius 2 is 1.56 bits per heavy atom. The summed E-state index contributed by atoms with van der Waals surface area (Å²) in [5, 5.41) is 0. The zero-order valence-corrected chi connectivity index (χ0v) is 20.4. The Balaban J connectivity index is 1.34. The smallest absolute Gasteiger partial charge is 0.410 e. The fourth-order valence-corrected chi connectivity index (χ4v) is 4.34. The second kappa shape index (κ2) is 10.3. The summed E-state index contributed by atoms with van der Waals surface area (Å²) in [6, 6.07) is 16.3. The summed E-state index contributed by atoms with van der Waals surface area (Å²) in [6.07, 6.45) is 4.04. The topological polar surface area (TPSA) is 59.1 Å². The van der Waals surface area contributed by atoms with Gasteiger partial charge in [-0.25, -0.2) is 9.59 Å². The second-order valence-electron chi connectivity index (χ2n) is 9.92. The first-order valence-corrected chi connectivity index (χ1v) is 12.0. The van der Waals surface area contributed by atoms with Gasteiger partial charge in [0.1, 0.15) is 12.2 Å². The highest BCUT2D eigenvalue weighted by Crippen LogP contribution is 2.27. The average molecular weight is 463 g/mol. The molecule has 0 radical (unpaired) electrons. The summed E-state index contributed by atoms with van der Waals surface area (Å²) in [7, 11) is 0. The van der Waals surface area contributed by atoms with Crippen molar-refractivity contribution in [3.05, 3.63) is 76.9 Å². The lowest BCUT2D eigenvalue weighted by atomic mass is 9.94. The third-order valence-electron chi connectivity index (χ3n) is 6.20. The molecule has 180 valence electrons. The predicted molar refractivity (Wildman–Crippen MR) is 132 cm³/mol. The molecular formula is C28H34N2O4. The van der Waals surface area contributed by atoms with Crippen LogP contribution in [0.1, 0.15) is 49.4 Å². The summed E-state index contributed by atoms with van der Waals surface area (Å²) in [5.74, 6) is 0. The molecule has 0 aliphatic carbocycles. The van der Waals surface area contributed by atoms with Crippen molar-refractivity contribution in [2.45, 2.75) is 52.2 Å². The van der Waals surface area contributed by atoms with E-state index in [1.807, 2.05) is 56.0 Å². The molecule has 0 saturated heterocycles. The number of nitrogens with zero attached hydrogens (tertiary/aromatic N) is 2. The maximum atomic E-state index is 12.5. The first-order chi connectivity index (χ1) is 16.3. The van der Waals surface area contributed by atoms with Crippen molar-refractivity contribution in [2.75, 3.05) is 26.2 Å². The highest BCUT2D eigenvalue weighted by atomic mass is 16.6. The third kappa shape index (κ3) is 6.19. The maximum Gasteiger partial charge on any atom is 0.410 e. The highest BCUT2D eigenvalue weighted by Gasteiger charge is 2.25. The van der Waals surface area contributed by atoms with Crippen LogP contribution in [0, 0.1) is 0 Å². The summed E-state index contributed by atoms with van der Waals surface area (Å²) in [4.78, 5) is 28.5. The number of carbonyl (C=O) groups is 2. The minimum absolute atomic E-state index is 0.241. The van der Waals surface area contributed by atoms with E-state index in [4.69, 9.17) is 9.47 Å². The van der Waals surface area contributed by atoms with Crippen molar-refractivity contribution in [1.29, 1.82) is 0 Å². The van der Waals surface area contributed by atoms with E-state index in [-0.39, 0.29) is 18.8 Å². The van der Waals surface area contributed by atoms with E-state index in [1.165, 1.54) is 22.3 Å². The maximum absolute atomic E-state index is 12.5. The average Bonchev–Trinajstić information content (AvgIpc) is 3.04. The number of fused-ring (bicyclic) bond motifs is 1. The van der Waals surface area contributed by atoms with Crippen molar-refractivity contribution in [3.63, 3.8) is 0 Å². The number of benzene rings is 2. The molecule has 6 heteroatoms. The molecule has 2 aliphatic rings. The molecule has 6 nitrogen and oxygen atoms in total.